The van der Waals surface area contributed by atoms with E-state index in [4.69, 9.17) is 16.3 Å². The van der Waals surface area contributed by atoms with Gasteiger partial charge in [-0.2, -0.15) is 0 Å². The molecule has 3 aromatic rings. The highest BCUT2D eigenvalue weighted by Crippen LogP contribution is 2.35. The van der Waals surface area contributed by atoms with Crippen LogP contribution in [-0.2, 0) is 10.3 Å². The Labute approximate surface area is 173 Å². The van der Waals surface area contributed by atoms with Crippen LogP contribution in [0.3, 0.4) is 0 Å². The third-order valence-electron chi connectivity index (χ3n) is 5.02. The summed E-state index contributed by atoms with van der Waals surface area (Å²) < 4.78 is 5.77. The van der Waals surface area contributed by atoms with Crippen LogP contribution in [0.15, 0.2) is 78.9 Å². The van der Waals surface area contributed by atoms with E-state index in [0.717, 1.165) is 5.56 Å². The van der Waals surface area contributed by atoms with Crippen LogP contribution in [0, 0.1) is 0 Å². The number of rotatable bonds is 5. The number of anilines is 1. The molecule has 146 valence electrons. The Bertz CT molecular complexity index is 1050. The summed E-state index contributed by atoms with van der Waals surface area (Å²) in [4.78, 5) is 27.2. The number of carbonyl (C=O) groups excluding carboxylic acids is 2. The van der Waals surface area contributed by atoms with Crippen LogP contribution in [0.4, 0.5) is 10.5 Å². The van der Waals surface area contributed by atoms with Gasteiger partial charge in [0.2, 0.25) is 0 Å². The predicted molar refractivity (Wildman–Crippen MR) is 112 cm³/mol. The Morgan fingerprint density at radius 3 is 2.31 bits per heavy atom. The third kappa shape index (κ3) is 3.45. The first-order valence-electron chi connectivity index (χ1n) is 9.29. The summed E-state index contributed by atoms with van der Waals surface area (Å²) in [6, 6.07) is 22.7. The van der Waals surface area contributed by atoms with E-state index in [-0.39, 0.29) is 5.91 Å². The minimum absolute atomic E-state index is 0.292. The molecule has 0 aromatic heterocycles. The first-order chi connectivity index (χ1) is 14.0. The van der Waals surface area contributed by atoms with Gasteiger partial charge in [0.25, 0.3) is 5.91 Å². The van der Waals surface area contributed by atoms with E-state index >= 15 is 0 Å². The van der Waals surface area contributed by atoms with Crippen molar-refractivity contribution in [2.45, 2.75) is 18.9 Å². The number of benzene rings is 3. The molecule has 0 spiro atoms. The van der Waals surface area contributed by atoms with Crippen LogP contribution in [0.5, 0.6) is 11.5 Å². The molecule has 6 heteroatoms. The number of amides is 3. The molecule has 5 nitrogen and oxygen atoms in total. The third-order valence-corrected chi connectivity index (χ3v) is 5.25. The smallest absolute Gasteiger partial charge is 0.329 e. The van der Waals surface area contributed by atoms with Gasteiger partial charge in [0.15, 0.2) is 0 Å². The molecule has 1 atom stereocenters. The Kier molecular flexibility index (Phi) is 4.99. The Hall–Kier alpha value is -3.31. The van der Waals surface area contributed by atoms with Crippen LogP contribution in [0.1, 0.15) is 18.9 Å². The molecule has 1 N–H and O–H groups in total. The van der Waals surface area contributed by atoms with Gasteiger partial charge >= 0.3 is 6.03 Å². The van der Waals surface area contributed by atoms with Crippen molar-refractivity contribution >= 4 is 29.2 Å². The maximum absolute atomic E-state index is 13.3. The fraction of sp³-hybridized carbons (Fsp3) is 0.130. The second-order valence-electron chi connectivity index (χ2n) is 6.75. The van der Waals surface area contributed by atoms with Gasteiger partial charge in [0, 0.05) is 5.02 Å². The first kappa shape index (κ1) is 19.0. The van der Waals surface area contributed by atoms with Crippen molar-refractivity contribution in [1.82, 2.24) is 5.32 Å². The number of hydrogen-bond acceptors (Lipinski definition) is 3. The molecule has 1 aliphatic heterocycles. The molecule has 1 heterocycles. The van der Waals surface area contributed by atoms with Crippen molar-refractivity contribution < 1.29 is 14.3 Å². The quantitative estimate of drug-likeness (QED) is 0.569. The van der Waals surface area contributed by atoms with Gasteiger partial charge in [0.05, 0.1) is 5.69 Å². The number of carbonyl (C=O) groups is 2. The molecule has 1 saturated heterocycles. The van der Waals surface area contributed by atoms with E-state index in [1.807, 2.05) is 37.3 Å². The molecular weight excluding hydrogens is 388 g/mol. The lowest BCUT2D eigenvalue weighted by Gasteiger charge is -2.25. The highest BCUT2D eigenvalue weighted by atomic mass is 35.5. The molecule has 1 aliphatic rings. The largest absolute Gasteiger partial charge is 0.457 e. The molecule has 0 bridgehead atoms. The highest BCUT2D eigenvalue weighted by Gasteiger charge is 2.51. The molecule has 0 saturated carbocycles. The number of imide groups is 1. The molecule has 4 rings (SSSR count). The van der Waals surface area contributed by atoms with Gasteiger partial charge in [-0.1, -0.05) is 54.9 Å². The van der Waals surface area contributed by atoms with Crippen molar-refractivity contribution in [1.29, 1.82) is 0 Å². The summed E-state index contributed by atoms with van der Waals surface area (Å²) in [7, 11) is 0. The van der Waals surface area contributed by atoms with Crippen LogP contribution in [0.25, 0.3) is 0 Å². The van der Waals surface area contributed by atoms with Gasteiger partial charge in [0.1, 0.15) is 17.0 Å². The molecule has 1 fully saturated rings. The van der Waals surface area contributed by atoms with Gasteiger partial charge in [-0.3, -0.25) is 4.79 Å². The van der Waals surface area contributed by atoms with Crippen molar-refractivity contribution in [3.63, 3.8) is 0 Å². The Morgan fingerprint density at radius 2 is 1.66 bits per heavy atom. The number of nitrogens with zero attached hydrogens (tertiary/aromatic N) is 1. The van der Waals surface area contributed by atoms with Crippen molar-refractivity contribution in [3.8, 4) is 11.5 Å². The van der Waals surface area contributed by atoms with Crippen LogP contribution >= 0.6 is 11.6 Å². The monoisotopic (exact) mass is 406 g/mol. The van der Waals surface area contributed by atoms with E-state index in [9.17, 15) is 9.59 Å². The van der Waals surface area contributed by atoms with Crippen molar-refractivity contribution in [2.75, 3.05) is 4.90 Å². The second kappa shape index (κ2) is 7.60. The summed E-state index contributed by atoms with van der Waals surface area (Å²) in [5, 5.41) is 3.46. The van der Waals surface area contributed by atoms with Crippen molar-refractivity contribution in [2.24, 2.45) is 0 Å². The maximum atomic E-state index is 13.3. The van der Waals surface area contributed by atoms with E-state index < -0.39 is 11.6 Å². The number of nitrogens with one attached hydrogen (secondary N) is 1. The normalized spacial score (nSPS) is 18.6. The van der Waals surface area contributed by atoms with Crippen LogP contribution < -0.4 is 15.0 Å². The van der Waals surface area contributed by atoms with Gasteiger partial charge in [-0.25, -0.2) is 9.69 Å². The average Bonchev–Trinajstić information content (AvgIpc) is 3.00. The van der Waals surface area contributed by atoms with Gasteiger partial charge in [-0.05, 0) is 54.4 Å². The molecule has 0 radical (unpaired) electrons. The summed E-state index contributed by atoms with van der Waals surface area (Å²) in [5.41, 5.74) is 0.190. The molecule has 3 amide bonds. The van der Waals surface area contributed by atoms with E-state index in [2.05, 4.69) is 5.32 Å². The second-order valence-corrected chi connectivity index (χ2v) is 7.19. The lowest BCUT2D eigenvalue weighted by Crippen LogP contribution is -2.43. The number of urea groups is 1. The van der Waals surface area contributed by atoms with E-state index in [0.29, 0.717) is 28.6 Å². The minimum atomic E-state index is -1.06. The lowest BCUT2D eigenvalue weighted by molar-refractivity contribution is -0.122. The fourth-order valence-corrected chi connectivity index (χ4v) is 3.68. The molecule has 0 aliphatic carbocycles. The SMILES string of the molecule is CCC1(c2ccccc2)NC(=O)N(c2ccc(Oc3cccc(Cl)c3)cc2)C1=O. The Morgan fingerprint density at radius 1 is 0.931 bits per heavy atom. The predicted octanol–water partition coefficient (Wildman–Crippen LogP) is 5.49. The van der Waals surface area contributed by atoms with Crippen LogP contribution in [0.2, 0.25) is 5.02 Å². The number of ether oxygens (including phenoxy) is 1. The molecular formula is C23H19ClN2O3. The Balaban J connectivity index is 1.60. The topological polar surface area (TPSA) is 58.6 Å². The number of hydrogen-bond donors (Lipinski definition) is 1. The summed E-state index contributed by atoms with van der Waals surface area (Å²) in [5.74, 6) is 0.891. The zero-order valence-electron chi connectivity index (χ0n) is 15.8. The summed E-state index contributed by atoms with van der Waals surface area (Å²) >= 11 is 5.98. The standard InChI is InChI=1S/C23H19ClN2O3/c1-2-23(16-7-4-3-5-8-16)21(27)26(22(28)25-23)18-11-13-19(14-12-18)29-20-10-6-9-17(24)15-20/h3-15H,2H2,1H3,(H,25,28). The first-order valence-corrected chi connectivity index (χ1v) is 9.67. The fourth-order valence-electron chi connectivity index (χ4n) is 3.50. The van der Waals surface area contributed by atoms with Crippen LogP contribution in [-0.4, -0.2) is 11.9 Å². The minimum Gasteiger partial charge on any atom is -0.457 e. The highest BCUT2D eigenvalue weighted by molar-refractivity contribution is 6.30. The average molecular weight is 407 g/mol. The van der Waals surface area contributed by atoms with Gasteiger partial charge < -0.3 is 10.1 Å². The zero-order valence-corrected chi connectivity index (χ0v) is 16.5. The maximum Gasteiger partial charge on any atom is 0.329 e. The summed E-state index contributed by atoms with van der Waals surface area (Å²) in [6.45, 7) is 1.89. The lowest BCUT2D eigenvalue weighted by atomic mass is 9.87. The molecule has 1 unspecified atom stereocenters. The number of halogens is 1. The van der Waals surface area contributed by atoms with Gasteiger partial charge in [-0.15, -0.1) is 0 Å². The van der Waals surface area contributed by atoms with E-state index in [1.54, 1.807) is 48.5 Å². The zero-order chi connectivity index (χ0) is 20.4. The van der Waals surface area contributed by atoms with E-state index in [1.165, 1.54) is 4.90 Å². The molecule has 29 heavy (non-hydrogen) atoms. The van der Waals surface area contributed by atoms with Crippen molar-refractivity contribution in [3.05, 3.63) is 89.4 Å². The summed E-state index contributed by atoms with van der Waals surface area (Å²) in [6.07, 6.45) is 0.452. The molecule has 3 aromatic carbocycles.